The van der Waals surface area contributed by atoms with Crippen LogP contribution in [0.2, 0.25) is 0 Å². The first-order valence-electron chi connectivity index (χ1n) is 8.39. The maximum Gasteiger partial charge on any atom is 0.227 e. The number of aryl methyl sites for hydroxylation is 3. The Hall–Kier alpha value is -2.99. The zero-order valence-electron chi connectivity index (χ0n) is 14.6. The summed E-state index contributed by atoms with van der Waals surface area (Å²) in [5.41, 5.74) is 6.83. The molecule has 0 bridgehead atoms. The third-order valence-electron chi connectivity index (χ3n) is 4.36. The molecule has 26 heavy (non-hydrogen) atoms. The van der Waals surface area contributed by atoms with Crippen molar-refractivity contribution in [1.82, 2.24) is 19.7 Å². The number of nitrogens with zero attached hydrogens (tertiary/aromatic N) is 4. The van der Waals surface area contributed by atoms with E-state index in [0.717, 1.165) is 43.4 Å². The second-order valence-electron chi connectivity index (χ2n) is 6.51. The number of aromatic nitrogens is 4. The van der Waals surface area contributed by atoms with Gasteiger partial charge >= 0.3 is 0 Å². The molecule has 3 aromatic heterocycles. The molecule has 5 aromatic rings. The van der Waals surface area contributed by atoms with Crippen LogP contribution >= 0.6 is 11.3 Å². The lowest BCUT2D eigenvalue weighted by Gasteiger charge is -1.96. The Labute approximate surface area is 153 Å². The molecule has 0 aliphatic rings. The summed E-state index contributed by atoms with van der Waals surface area (Å²) < 4.78 is 8.90. The minimum atomic E-state index is 0.633. The lowest BCUT2D eigenvalue weighted by atomic mass is 10.2. The molecule has 0 atom stereocenters. The van der Waals surface area contributed by atoms with Crippen LogP contribution in [0.4, 0.5) is 0 Å². The van der Waals surface area contributed by atoms with Crippen LogP contribution in [0.1, 0.15) is 17.0 Å². The molecular weight excluding hydrogens is 344 g/mol. The van der Waals surface area contributed by atoms with Crippen molar-refractivity contribution in [2.75, 3.05) is 0 Å². The molecule has 2 aromatic carbocycles. The average Bonchev–Trinajstić information content (AvgIpc) is 3.29. The molecule has 0 amide bonds. The number of oxazole rings is 1. The van der Waals surface area contributed by atoms with Crippen molar-refractivity contribution in [3.8, 4) is 16.6 Å². The van der Waals surface area contributed by atoms with E-state index in [0.29, 0.717) is 5.89 Å². The molecule has 0 unspecified atom stereocenters. The lowest BCUT2D eigenvalue weighted by molar-refractivity contribution is 0.620. The van der Waals surface area contributed by atoms with E-state index in [1.165, 1.54) is 5.56 Å². The van der Waals surface area contributed by atoms with Gasteiger partial charge < -0.3 is 4.42 Å². The largest absolute Gasteiger partial charge is 0.436 e. The van der Waals surface area contributed by atoms with E-state index in [2.05, 4.69) is 29.1 Å². The van der Waals surface area contributed by atoms with Crippen molar-refractivity contribution in [1.29, 1.82) is 0 Å². The summed E-state index contributed by atoms with van der Waals surface area (Å²) in [4.78, 5) is 9.35. The van der Waals surface area contributed by atoms with Crippen molar-refractivity contribution < 1.29 is 4.42 Å². The van der Waals surface area contributed by atoms with Gasteiger partial charge in [-0.25, -0.2) is 14.6 Å². The molecule has 0 saturated carbocycles. The van der Waals surface area contributed by atoms with Gasteiger partial charge in [0.2, 0.25) is 11.0 Å². The van der Waals surface area contributed by atoms with E-state index in [1.54, 1.807) is 11.3 Å². The van der Waals surface area contributed by atoms with Gasteiger partial charge in [0.1, 0.15) is 5.52 Å². The highest BCUT2D eigenvalue weighted by Crippen LogP contribution is 2.31. The first-order valence-corrected chi connectivity index (χ1v) is 9.20. The van der Waals surface area contributed by atoms with E-state index in [4.69, 9.17) is 9.40 Å². The quantitative estimate of drug-likeness (QED) is 0.433. The van der Waals surface area contributed by atoms with Crippen molar-refractivity contribution in [2.24, 2.45) is 0 Å². The third-order valence-corrected chi connectivity index (χ3v) is 5.35. The Bertz CT molecular complexity index is 1280. The fourth-order valence-electron chi connectivity index (χ4n) is 3.12. The number of hydrogen-bond donors (Lipinski definition) is 0. The van der Waals surface area contributed by atoms with Gasteiger partial charge in [0.25, 0.3) is 0 Å². The fraction of sp³-hybridized carbons (Fsp3) is 0.150. The zero-order chi connectivity index (χ0) is 17.8. The first kappa shape index (κ1) is 15.3. The maximum atomic E-state index is 5.93. The van der Waals surface area contributed by atoms with E-state index >= 15 is 0 Å². The molecule has 5 rings (SSSR count). The molecule has 0 N–H and O–H groups in total. The number of benzene rings is 2. The van der Waals surface area contributed by atoms with Crippen molar-refractivity contribution in [3.05, 3.63) is 59.4 Å². The number of thiazole rings is 1. The van der Waals surface area contributed by atoms with Gasteiger partial charge in [-0.05, 0) is 62.7 Å². The third kappa shape index (κ3) is 2.42. The summed E-state index contributed by atoms with van der Waals surface area (Å²) in [6.45, 7) is 6.08. The summed E-state index contributed by atoms with van der Waals surface area (Å²) in [5.74, 6) is 0.633. The maximum absolute atomic E-state index is 5.93. The van der Waals surface area contributed by atoms with Crippen molar-refractivity contribution >= 4 is 32.7 Å². The summed E-state index contributed by atoms with van der Waals surface area (Å²) in [6, 6.07) is 14.2. The van der Waals surface area contributed by atoms with E-state index < -0.39 is 0 Å². The predicted molar refractivity (Wildman–Crippen MR) is 104 cm³/mol. The molecule has 0 radical (unpaired) electrons. The van der Waals surface area contributed by atoms with E-state index in [9.17, 15) is 0 Å². The molecule has 6 heteroatoms. The van der Waals surface area contributed by atoms with Crippen LogP contribution in [0.25, 0.3) is 37.9 Å². The van der Waals surface area contributed by atoms with E-state index in [1.807, 2.05) is 48.9 Å². The standard InChI is InChI=1S/C20H16N4OS/c1-11-4-7-17-16(8-11)21-19(25-17)14-5-6-15-18(10-14)26-20(22-15)24-13(3)9-12(2)23-24/h4-10H,1-3H3. The monoisotopic (exact) mass is 360 g/mol. The highest BCUT2D eigenvalue weighted by molar-refractivity contribution is 7.20. The topological polar surface area (TPSA) is 56.7 Å². The molecule has 5 nitrogen and oxygen atoms in total. The fourth-order valence-corrected chi connectivity index (χ4v) is 4.14. The SMILES string of the molecule is Cc1ccc2oc(-c3ccc4nc(-n5nc(C)cc5C)sc4c3)nc2c1. The van der Waals surface area contributed by atoms with Crippen LogP contribution in [-0.2, 0) is 0 Å². The highest BCUT2D eigenvalue weighted by atomic mass is 32.1. The van der Waals surface area contributed by atoms with E-state index in [-0.39, 0.29) is 0 Å². The molecule has 0 aliphatic heterocycles. The van der Waals surface area contributed by atoms with Crippen LogP contribution in [0.15, 0.2) is 46.9 Å². The number of fused-ring (bicyclic) bond motifs is 2. The Kier molecular flexibility index (Phi) is 3.24. The summed E-state index contributed by atoms with van der Waals surface area (Å²) in [5, 5.41) is 5.40. The summed E-state index contributed by atoms with van der Waals surface area (Å²) >= 11 is 1.62. The molecule has 0 fully saturated rings. The molecular formula is C20H16N4OS. The zero-order valence-corrected chi connectivity index (χ0v) is 15.5. The van der Waals surface area contributed by atoms with Crippen molar-refractivity contribution in [2.45, 2.75) is 20.8 Å². The van der Waals surface area contributed by atoms with Gasteiger partial charge in [-0.15, -0.1) is 0 Å². The van der Waals surface area contributed by atoms with Crippen LogP contribution < -0.4 is 0 Å². The molecule has 3 heterocycles. The smallest absolute Gasteiger partial charge is 0.227 e. The number of hydrogen-bond acceptors (Lipinski definition) is 5. The van der Waals surface area contributed by atoms with Gasteiger partial charge in [-0.2, -0.15) is 5.10 Å². The molecule has 0 saturated heterocycles. The normalized spacial score (nSPS) is 11.7. The van der Waals surface area contributed by atoms with Crippen LogP contribution in [0.3, 0.4) is 0 Å². The predicted octanol–water partition coefficient (Wildman–Crippen LogP) is 5.22. The molecule has 128 valence electrons. The Balaban J connectivity index is 1.61. The Morgan fingerprint density at radius 3 is 2.62 bits per heavy atom. The van der Waals surface area contributed by atoms with Gasteiger partial charge in [-0.1, -0.05) is 17.4 Å². The van der Waals surface area contributed by atoms with Crippen LogP contribution in [0, 0.1) is 20.8 Å². The minimum absolute atomic E-state index is 0.633. The molecule has 0 aliphatic carbocycles. The Morgan fingerprint density at radius 1 is 0.923 bits per heavy atom. The van der Waals surface area contributed by atoms with Gasteiger partial charge in [0, 0.05) is 11.3 Å². The van der Waals surface area contributed by atoms with Gasteiger partial charge in [-0.3, -0.25) is 0 Å². The second kappa shape index (κ2) is 5.51. The number of rotatable bonds is 2. The van der Waals surface area contributed by atoms with Gasteiger partial charge in [0.15, 0.2) is 5.58 Å². The van der Waals surface area contributed by atoms with Crippen molar-refractivity contribution in [3.63, 3.8) is 0 Å². The summed E-state index contributed by atoms with van der Waals surface area (Å²) in [7, 11) is 0. The van der Waals surface area contributed by atoms with Crippen LogP contribution in [-0.4, -0.2) is 19.7 Å². The second-order valence-corrected chi connectivity index (χ2v) is 7.52. The highest BCUT2D eigenvalue weighted by Gasteiger charge is 2.13. The average molecular weight is 360 g/mol. The first-order chi connectivity index (χ1) is 12.6. The van der Waals surface area contributed by atoms with Gasteiger partial charge in [0.05, 0.1) is 15.9 Å². The lowest BCUT2D eigenvalue weighted by Crippen LogP contribution is -1.97. The summed E-state index contributed by atoms with van der Waals surface area (Å²) in [6.07, 6.45) is 0. The van der Waals surface area contributed by atoms with Crippen LogP contribution in [0.5, 0.6) is 0 Å². The Morgan fingerprint density at radius 2 is 1.81 bits per heavy atom. The molecule has 0 spiro atoms. The minimum Gasteiger partial charge on any atom is -0.436 e.